The number of anilines is 3. The maximum atomic E-state index is 10.8. The van der Waals surface area contributed by atoms with Gasteiger partial charge in [-0.3, -0.25) is 10.1 Å². The van der Waals surface area contributed by atoms with E-state index >= 15 is 0 Å². The summed E-state index contributed by atoms with van der Waals surface area (Å²) in [6.45, 7) is 0. The summed E-state index contributed by atoms with van der Waals surface area (Å²) >= 11 is 3.33. The van der Waals surface area contributed by atoms with E-state index in [0.717, 1.165) is 0 Å². The van der Waals surface area contributed by atoms with Crippen LogP contribution in [0.4, 0.5) is 22.7 Å². The number of nitro groups is 1. The number of nitro benzene ring substituents is 1. The first-order valence-corrected chi connectivity index (χ1v) is 6.30. The quantitative estimate of drug-likeness (QED) is 0.508. The molecule has 20 heavy (non-hydrogen) atoms. The highest BCUT2D eigenvalue weighted by molar-refractivity contribution is 9.10. The molecule has 0 unspecified atom stereocenters. The van der Waals surface area contributed by atoms with Gasteiger partial charge in [0.2, 0.25) is 0 Å². The lowest BCUT2D eigenvalue weighted by atomic mass is 10.2. The van der Waals surface area contributed by atoms with E-state index in [0.29, 0.717) is 27.1 Å². The molecule has 0 saturated heterocycles. The lowest BCUT2D eigenvalue weighted by molar-refractivity contribution is -0.384. The third-order valence-corrected chi connectivity index (χ3v) is 3.18. The van der Waals surface area contributed by atoms with Gasteiger partial charge >= 0.3 is 0 Å². The number of rotatable bonds is 3. The van der Waals surface area contributed by atoms with Crippen LogP contribution in [0.25, 0.3) is 0 Å². The molecule has 0 aromatic heterocycles. The van der Waals surface area contributed by atoms with E-state index < -0.39 is 4.92 Å². The van der Waals surface area contributed by atoms with Gasteiger partial charge in [-0.05, 0) is 40.2 Å². The molecule has 0 spiro atoms. The number of benzene rings is 2. The lowest BCUT2D eigenvalue weighted by Gasteiger charge is -2.09. The number of nitriles is 1. The summed E-state index contributed by atoms with van der Waals surface area (Å²) in [5.74, 6) is 0. The first kappa shape index (κ1) is 13.8. The van der Waals surface area contributed by atoms with Gasteiger partial charge in [0.15, 0.2) is 0 Å². The normalized spacial score (nSPS) is 9.80. The molecular formula is C13H9BrN4O2. The van der Waals surface area contributed by atoms with Gasteiger partial charge < -0.3 is 11.1 Å². The van der Waals surface area contributed by atoms with Crippen LogP contribution in [0.15, 0.2) is 40.9 Å². The zero-order valence-corrected chi connectivity index (χ0v) is 11.7. The third kappa shape index (κ3) is 3.05. The SMILES string of the molecule is N#Cc1ccc(Nc2cc(N)cc([N+](=O)[O-])c2)c(Br)c1. The number of hydrogen-bond donors (Lipinski definition) is 2. The first-order valence-electron chi connectivity index (χ1n) is 5.51. The monoisotopic (exact) mass is 332 g/mol. The Kier molecular flexibility index (Phi) is 3.86. The molecule has 2 aromatic rings. The van der Waals surface area contributed by atoms with Crippen LogP contribution in [0.1, 0.15) is 5.56 Å². The van der Waals surface area contributed by atoms with E-state index in [2.05, 4.69) is 21.2 Å². The van der Waals surface area contributed by atoms with Gasteiger partial charge in [-0.2, -0.15) is 5.26 Å². The maximum absolute atomic E-state index is 10.8. The van der Waals surface area contributed by atoms with Crippen molar-refractivity contribution in [1.29, 1.82) is 5.26 Å². The number of nitrogen functional groups attached to an aromatic ring is 1. The minimum atomic E-state index is -0.505. The number of nitrogens with one attached hydrogen (secondary N) is 1. The number of hydrogen-bond acceptors (Lipinski definition) is 5. The van der Waals surface area contributed by atoms with Gasteiger partial charge in [0, 0.05) is 28.0 Å². The number of halogens is 1. The van der Waals surface area contributed by atoms with Crippen LogP contribution in [0.2, 0.25) is 0 Å². The van der Waals surface area contributed by atoms with Crippen molar-refractivity contribution < 1.29 is 4.92 Å². The van der Waals surface area contributed by atoms with E-state index in [9.17, 15) is 10.1 Å². The highest BCUT2D eigenvalue weighted by Gasteiger charge is 2.09. The second kappa shape index (κ2) is 5.59. The largest absolute Gasteiger partial charge is 0.398 e. The van der Waals surface area contributed by atoms with Crippen LogP contribution in [0.5, 0.6) is 0 Å². The van der Waals surface area contributed by atoms with E-state index in [1.165, 1.54) is 12.1 Å². The van der Waals surface area contributed by atoms with E-state index in [4.69, 9.17) is 11.0 Å². The average Bonchev–Trinajstić information content (AvgIpc) is 2.40. The van der Waals surface area contributed by atoms with Gasteiger partial charge in [0.25, 0.3) is 5.69 Å². The van der Waals surface area contributed by atoms with E-state index in [1.807, 2.05) is 6.07 Å². The fourth-order valence-electron chi connectivity index (χ4n) is 1.65. The fourth-order valence-corrected chi connectivity index (χ4v) is 2.13. The molecule has 0 aliphatic rings. The predicted molar refractivity (Wildman–Crippen MR) is 79.6 cm³/mol. The summed E-state index contributed by atoms with van der Waals surface area (Å²) in [6.07, 6.45) is 0. The van der Waals surface area contributed by atoms with Gasteiger partial charge in [-0.1, -0.05) is 0 Å². The Morgan fingerprint density at radius 2 is 2.05 bits per heavy atom. The summed E-state index contributed by atoms with van der Waals surface area (Å²) in [6, 6.07) is 11.3. The minimum absolute atomic E-state index is 0.0859. The number of nitrogens with zero attached hydrogens (tertiary/aromatic N) is 2. The Morgan fingerprint density at radius 1 is 1.30 bits per heavy atom. The lowest BCUT2D eigenvalue weighted by Crippen LogP contribution is -1.97. The second-order valence-corrected chi connectivity index (χ2v) is 4.86. The fraction of sp³-hybridized carbons (Fsp3) is 0. The molecule has 0 atom stereocenters. The molecule has 2 aromatic carbocycles. The van der Waals surface area contributed by atoms with Crippen molar-refractivity contribution in [2.24, 2.45) is 0 Å². The van der Waals surface area contributed by atoms with Crippen LogP contribution < -0.4 is 11.1 Å². The molecular weight excluding hydrogens is 324 g/mol. The number of nitrogens with two attached hydrogens (primary N) is 1. The molecule has 6 nitrogen and oxygen atoms in total. The Hall–Kier alpha value is -2.59. The van der Waals surface area contributed by atoms with Crippen LogP contribution >= 0.6 is 15.9 Å². The average molecular weight is 333 g/mol. The summed E-state index contributed by atoms with van der Waals surface area (Å²) in [5.41, 5.74) is 7.55. The van der Waals surface area contributed by atoms with Crippen LogP contribution in [0, 0.1) is 21.4 Å². The molecule has 0 heterocycles. The van der Waals surface area contributed by atoms with Crippen molar-refractivity contribution in [3.05, 3.63) is 56.5 Å². The molecule has 0 bridgehead atoms. The molecule has 100 valence electrons. The van der Waals surface area contributed by atoms with Gasteiger partial charge in [-0.25, -0.2) is 0 Å². The predicted octanol–water partition coefficient (Wildman–Crippen LogP) is 3.55. The molecule has 0 saturated carbocycles. The Morgan fingerprint density at radius 3 is 2.65 bits per heavy atom. The highest BCUT2D eigenvalue weighted by atomic mass is 79.9. The number of non-ortho nitro benzene ring substituents is 1. The van der Waals surface area contributed by atoms with Crippen molar-refractivity contribution in [1.82, 2.24) is 0 Å². The van der Waals surface area contributed by atoms with Crippen LogP contribution in [-0.2, 0) is 0 Å². The van der Waals surface area contributed by atoms with Crippen LogP contribution in [0.3, 0.4) is 0 Å². The Bertz CT molecular complexity index is 725. The first-order chi connectivity index (χ1) is 9.49. The summed E-state index contributed by atoms with van der Waals surface area (Å²) in [4.78, 5) is 10.3. The van der Waals surface area contributed by atoms with Gasteiger partial charge in [0.05, 0.1) is 22.2 Å². The molecule has 0 radical (unpaired) electrons. The van der Waals surface area contributed by atoms with E-state index in [-0.39, 0.29) is 5.69 Å². The zero-order chi connectivity index (χ0) is 14.7. The van der Waals surface area contributed by atoms with Crippen molar-refractivity contribution in [3.8, 4) is 6.07 Å². The van der Waals surface area contributed by atoms with Crippen molar-refractivity contribution in [2.45, 2.75) is 0 Å². The molecule has 3 N–H and O–H groups in total. The van der Waals surface area contributed by atoms with E-state index in [1.54, 1.807) is 24.3 Å². The molecule has 7 heteroatoms. The molecule has 0 aliphatic heterocycles. The van der Waals surface area contributed by atoms with Gasteiger partial charge in [0.1, 0.15) is 0 Å². The van der Waals surface area contributed by atoms with Crippen LogP contribution in [-0.4, -0.2) is 4.92 Å². The van der Waals surface area contributed by atoms with Crippen molar-refractivity contribution >= 4 is 38.7 Å². The molecule has 0 amide bonds. The smallest absolute Gasteiger partial charge is 0.273 e. The summed E-state index contributed by atoms with van der Waals surface area (Å²) in [7, 11) is 0. The van der Waals surface area contributed by atoms with Gasteiger partial charge in [-0.15, -0.1) is 0 Å². The minimum Gasteiger partial charge on any atom is -0.398 e. The molecule has 2 rings (SSSR count). The maximum Gasteiger partial charge on any atom is 0.273 e. The Labute approximate surface area is 123 Å². The third-order valence-electron chi connectivity index (χ3n) is 2.53. The summed E-state index contributed by atoms with van der Waals surface area (Å²) in [5, 5.41) is 22.6. The van der Waals surface area contributed by atoms with Crippen molar-refractivity contribution in [3.63, 3.8) is 0 Å². The highest BCUT2D eigenvalue weighted by Crippen LogP contribution is 2.29. The topological polar surface area (TPSA) is 105 Å². The van der Waals surface area contributed by atoms with Crippen molar-refractivity contribution in [2.75, 3.05) is 11.1 Å². The Balaban J connectivity index is 2.35. The second-order valence-electron chi connectivity index (χ2n) is 4.00. The standard InChI is InChI=1S/C13H9BrN4O2/c14-12-3-8(7-15)1-2-13(12)17-10-4-9(16)5-11(6-10)18(19)20/h1-6,17H,16H2. The molecule has 0 fully saturated rings. The summed E-state index contributed by atoms with van der Waals surface area (Å²) < 4.78 is 0.682. The zero-order valence-electron chi connectivity index (χ0n) is 10.1. The molecule has 0 aliphatic carbocycles.